The van der Waals surface area contributed by atoms with E-state index in [0.29, 0.717) is 0 Å². The lowest BCUT2D eigenvalue weighted by Crippen LogP contribution is -2.31. The second-order valence-corrected chi connectivity index (χ2v) is 38.7. The van der Waals surface area contributed by atoms with Crippen molar-refractivity contribution in [3.8, 4) is 0 Å². The van der Waals surface area contributed by atoms with E-state index in [1.54, 1.807) is 0 Å². The maximum Gasteiger partial charge on any atom is 0.462 e. The maximum atomic E-state index is 13.5. The summed E-state index contributed by atoms with van der Waals surface area (Å²) < 4.78 is 50.0. The summed E-state index contributed by atoms with van der Waals surface area (Å²) in [7, 11) is -11.4. The Bertz CT molecular complexity index is 460. The highest BCUT2D eigenvalue weighted by Gasteiger charge is 2.48. The Kier molecular flexibility index (Phi) is 9.00. The Morgan fingerprint density at radius 2 is 0.920 bits per heavy atom. The zero-order valence-corrected chi connectivity index (χ0v) is 24.4. The molecule has 0 heterocycles. The molecule has 6 nitrogen and oxygen atoms in total. The third-order valence-corrected chi connectivity index (χ3v) is 23.9. The van der Waals surface area contributed by atoms with Gasteiger partial charge in [-0.3, -0.25) is 0 Å². The molecule has 0 spiro atoms. The second-order valence-electron chi connectivity index (χ2n) is 9.79. The molecule has 0 radical (unpaired) electrons. The van der Waals surface area contributed by atoms with Gasteiger partial charge in [-0.1, -0.05) is 30.5 Å². The molecule has 0 aliphatic heterocycles. The minimum atomic E-state index is -4.00. The van der Waals surface area contributed by atoms with E-state index in [2.05, 4.69) is 0 Å². The van der Waals surface area contributed by atoms with Gasteiger partial charge < -0.3 is 12.6 Å². The Labute approximate surface area is 162 Å². The van der Waals surface area contributed by atoms with Gasteiger partial charge in [0, 0.05) is 0 Å². The van der Waals surface area contributed by atoms with Crippen LogP contribution >= 0.6 is 25.5 Å². The average molecular weight is 483 g/mol. The largest absolute Gasteiger partial charge is 0.462 e. The third-order valence-electron chi connectivity index (χ3n) is 1.74. The normalized spacial score (nSPS) is 17.4. The van der Waals surface area contributed by atoms with Crippen LogP contribution in [0.3, 0.4) is 0 Å². The summed E-state index contributed by atoms with van der Waals surface area (Å²) in [4.78, 5) is 0. The summed E-state index contributed by atoms with van der Waals surface area (Å²) in [5.74, 6) is 0. The van der Waals surface area contributed by atoms with Crippen LogP contribution in [0.4, 0.5) is 0 Å². The van der Waals surface area contributed by atoms with E-state index in [1.807, 2.05) is 78.6 Å². The van der Waals surface area contributed by atoms with Crippen molar-refractivity contribution in [2.75, 3.05) is 0 Å². The summed E-state index contributed by atoms with van der Waals surface area (Å²) >= 11 is 0. The molecule has 0 bridgehead atoms. The van der Waals surface area contributed by atoms with Gasteiger partial charge in [0.05, 0.1) is 0 Å². The summed E-state index contributed by atoms with van der Waals surface area (Å²) in [5.41, 5.74) is 0. The number of hydrogen-bond donors (Lipinski definition) is 0. The highest BCUT2D eigenvalue weighted by Crippen LogP contribution is 2.75. The van der Waals surface area contributed by atoms with Crippen molar-refractivity contribution in [3.05, 3.63) is 0 Å². The Balaban J connectivity index is 5.89. The van der Waals surface area contributed by atoms with Crippen LogP contribution in [0.1, 0.15) is 0 Å². The van der Waals surface area contributed by atoms with E-state index in [1.165, 1.54) is 10.8 Å². The molecule has 0 aliphatic carbocycles. The average Bonchev–Trinajstić information content (AvgIpc) is 1.97. The predicted molar refractivity (Wildman–Crippen MR) is 121 cm³/mol. The van der Waals surface area contributed by atoms with Gasteiger partial charge in [0.2, 0.25) is 0 Å². The van der Waals surface area contributed by atoms with Crippen molar-refractivity contribution in [2.45, 2.75) is 78.6 Å². The van der Waals surface area contributed by atoms with Crippen molar-refractivity contribution in [2.24, 2.45) is 0 Å². The topological polar surface area (TPSA) is 71.1 Å². The smallest absolute Gasteiger partial charge is 0.343 e. The van der Waals surface area contributed by atoms with Crippen molar-refractivity contribution in [1.82, 2.24) is 0 Å². The number of phosphoric acid groups is 1. The first-order valence-electron chi connectivity index (χ1n) is 8.28. The molecule has 0 fully saturated rings. The molecule has 1 atom stereocenters. The van der Waals surface area contributed by atoms with Crippen molar-refractivity contribution in [3.63, 3.8) is 0 Å². The van der Waals surface area contributed by atoms with E-state index >= 15 is 0 Å². The SMILES string of the molecule is C[Si](C)(C)OP(=O)(O[Si](C)(C)C)OP(=O)(O[Si](C)(C)C)S[Si](C)(C)C. The quantitative estimate of drug-likeness (QED) is 0.238. The highest BCUT2D eigenvalue weighted by atomic mass is 32.9. The monoisotopic (exact) mass is 482 g/mol. The van der Waals surface area contributed by atoms with Crippen LogP contribution in [-0.4, -0.2) is 32.2 Å². The third kappa shape index (κ3) is 14.2. The van der Waals surface area contributed by atoms with Gasteiger partial charge in [0.25, 0.3) is 0 Å². The fraction of sp³-hybridized carbons (Fsp3) is 1.00. The summed E-state index contributed by atoms with van der Waals surface area (Å²) in [6.07, 6.45) is 0. The van der Waals surface area contributed by atoms with E-state index in [0.717, 1.165) is 0 Å². The molecular formula is C12H36O6P2SSi4. The predicted octanol–water partition coefficient (Wildman–Crippen LogP) is 7.34. The highest BCUT2D eigenvalue weighted by molar-refractivity contribution is 8.70. The molecule has 13 heteroatoms. The van der Waals surface area contributed by atoms with E-state index in [-0.39, 0.29) is 0 Å². The van der Waals surface area contributed by atoms with E-state index in [9.17, 15) is 9.13 Å². The van der Waals surface area contributed by atoms with E-state index in [4.69, 9.17) is 16.9 Å². The Hall–Kier alpha value is 1.52. The van der Waals surface area contributed by atoms with Gasteiger partial charge in [-0.25, -0.2) is 13.4 Å². The minimum Gasteiger partial charge on any atom is -0.343 e. The second kappa shape index (κ2) is 8.49. The molecular weight excluding hydrogens is 446 g/mol. The lowest BCUT2D eigenvalue weighted by Gasteiger charge is -2.34. The molecule has 0 aliphatic rings. The van der Waals surface area contributed by atoms with Gasteiger partial charge in [0.1, 0.15) is 7.22 Å². The fourth-order valence-corrected chi connectivity index (χ4v) is 26.7. The standard InChI is InChI=1S/C12H36O6P2SSi4/c1-22(2,3)16-19(13,17-23(4,5)6)15-20(14,18-24(7,8)9)21-25(10,11)12/h1-12H3. The molecule has 25 heavy (non-hydrogen) atoms. The fourth-order valence-electron chi connectivity index (χ4n) is 1.57. The molecule has 0 N–H and O–H groups in total. The molecule has 1 unspecified atom stereocenters. The molecule has 0 saturated carbocycles. The van der Waals surface area contributed by atoms with Crippen LogP contribution in [0, 0.1) is 0 Å². The van der Waals surface area contributed by atoms with Crippen LogP contribution in [-0.2, 0) is 26.1 Å². The molecule has 0 aromatic rings. The maximum absolute atomic E-state index is 13.5. The van der Waals surface area contributed by atoms with Crippen molar-refractivity contribution in [1.29, 1.82) is 0 Å². The first kappa shape index (κ1) is 26.5. The first-order chi connectivity index (χ1) is 10.5. The molecule has 0 amide bonds. The summed E-state index contributed by atoms with van der Waals surface area (Å²) in [6.45, 7) is 19.6. The molecule has 0 aromatic heterocycles. The van der Waals surface area contributed by atoms with Crippen LogP contribution in [0.15, 0.2) is 0 Å². The van der Waals surface area contributed by atoms with Crippen LogP contribution in [0.25, 0.3) is 0 Å². The van der Waals surface area contributed by atoms with Gasteiger partial charge in [-0.2, -0.15) is 0 Å². The molecule has 0 rings (SSSR count). The van der Waals surface area contributed by atoms with Gasteiger partial charge in [-0.15, -0.1) is 0 Å². The van der Waals surface area contributed by atoms with Crippen LogP contribution < -0.4 is 0 Å². The van der Waals surface area contributed by atoms with Crippen molar-refractivity contribution >= 4 is 57.6 Å². The summed E-state index contributed by atoms with van der Waals surface area (Å²) in [5, 5.41) is 0. The molecule has 152 valence electrons. The summed E-state index contributed by atoms with van der Waals surface area (Å²) in [6, 6.07) is 0. The number of hydrogen-bond acceptors (Lipinski definition) is 7. The van der Waals surface area contributed by atoms with Gasteiger partial charge in [-0.05, 0) is 58.9 Å². The lowest BCUT2D eigenvalue weighted by atomic mass is 11.8. The van der Waals surface area contributed by atoms with Crippen LogP contribution in [0.2, 0.25) is 78.6 Å². The minimum absolute atomic E-state index is 1.19. The zero-order valence-electron chi connectivity index (χ0n) is 17.8. The van der Waals surface area contributed by atoms with Crippen molar-refractivity contribution < 1.29 is 26.1 Å². The lowest BCUT2D eigenvalue weighted by molar-refractivity contribution is 0.282. The van der Waals surface area contributed by atoms with Gasteiger partial charge in [0.15, 0.2) is 25.0 Å². The van der Waals surface area contributed by atoms with E-state index < -0.39 is 46.8 Å². The zero-order chi connectivity index (χ0) is 20.5. The Morgan fingerprint density at radius 1 is 0.600 bits per heavy atom. The molecule has 0 aromatic carbocycles. The van der Waals surface area contributed by atoms with Crippen LogP contribution in [0.5, 0.6) is 0 Å². The number of rotatable bonds is 10. The first-order valence-corrected chi connectivity index (χ1v) is 27.2. The Morgan fingerprint density at radius 3 is 1.16 bits per heavy atom. The van der Waals surface area contributed by atoms with Gasteiger partial charge >= 0.3 is 14.6 Å². The molecule has 0 saturated heterocycles.